The minimum Gasteiger partial charge on any atom is -0.322 e. The average Bonchev–Trinajstić information content (AvgIpc) is 2.94. The van der Waals surface area contributed by atoms with Crippen LogP contribution in [0.25, 0.3) is 0 Å². The Hall–Kier alpha value is -1.56. The lowest BCUT2D eigenvalue weighted by atomic mass is 9.99. The molecule has 100 valence electrons. The van der Waals surface area contributed by atoms with Gasteiger partial charge in [0.2, 0.25) is 0 Å². The zero-order chi connectivity index (χ0) is 13.5. The molecule has 2 aliphatic heterocycles. The molecule has 1 atom stereocenters. The van der Waals surface area contributed by atoms with Crippen LogP contribution in [0.4, 0.5) is 9.18 Å². The number of carbonyl (C=O) groups is 2. The minimum atomic E-state index is -0.707. The van der Waals surface area contributed by atoms with Crippen molar-refractivity contribution in [2.75, 3.05) is 11.5 Å². The third-order valence-electron chi connectivity index (χ3n) is 3.52. The highest BCUT2D eigenvalue weighted by atomic mass is 32.2. The fraction of sp³-hybridized carbons (Fsp3) is 0.385. The molecule has 3 rings (SSSR count). The molecule has 1 unspecified atom stereocenters. The van der Waals surface area contributed by atoms with E-state index < -0.39 is 5.54 Å². The highest BCUT2D eigenvalue weighted by Crippen LogP contribution is 2.33. The van der Waals surface area contributed by atoms with E-state index in [4.69, 9.17) is 0 Å². The van der Waals surface area contributed by atoms with E-state index in [1.807, 2.05) is 0 Å². The SMILES string of the molecule is O=C1NC2(CCSC2)C(=O)N1Cc1ccc(F)cc1. The molecule has 0 aromatic heterocycles. The van der Waals surface area contributed by atoms with Crippen LogP contribution < -0.4 is 5.32 Å². The maximum Gasteiger partial charge on any atom is 0.325 e. The smallest absolute Gasteiger partial charge is 0.322 e. The first-order valence-electron chi connectivity index (χ1n) is 6.07. The maximum atomic E-state index is 12.8. The third kappa shape index (κ3) is 2.10. The van der Waals surface area contributed by atoms with Crippen LogP contribution in [0.3, 0.4) is 0 Å². The summed E-state index contributed by atoms with van der Waals surface area (Å²) in [5.41, 5.74) is 0.0366. The first kappa shape index (κ1) is 12.5. The zero-order valence-electron chi connectivity index (χ0n) is 10.2. The molecule has 6 heteroatoms. The van der Waals surface area contributed by atoms with Gasteiger partial charge in [-0.1, -0.05) is 12.1 Å². The van der Waals surface area contributed by atoms with Crippen molar-refractivity contribution in [2.24, 2.45) is 0 Å². The lowest BCUT2D eigenvalue weighted by Gasteiger charge is -2.19. The van der Waals surface area contributed by atoms with Crippen molar-refractivity contribution < 1.29 is 14.0 Å². The molecule has 0 bridgehead atoms. The van der Waals surface area contributed by atoms with Crippen LogP contribution in [0, 0.1) is 5.82 Å². The van der Waals surface area contributed by atoms with Gasteiger partial charge >= 0.3 is 6.03 Å². The van der Waals surface area contributed by atoms with Crippen molar-refractivity contribution in [3.63, 3.8) is 0 Å². The zero-order valence-corrected chi connectivity index (χ0v) is 11.0. The summed E-state index contributed by atoms with van der Waals surface area (Å²) in [7, 11) is 0. The highest BCUT2D eigenvalue weighted by Gasteiger charge is 2.52. The van der Waals surface area contributed by atoms with Gasteiger partial charge in [0.1, 0.15) is 11.4 Å². The second-order valence-corrected chi connectivity index (χ2v) is 5.94. The molecule has 19 heavy (non-hydrogen) atoms. The molecule has 2 fully saturated rings. The van der Waals surface area contributed by atoms with Crippen LogP contribution in [0.1, 0.15) is 12.0 Å². The Morgan fingerprint density at radius 1 is 1.32 bits per heavy atom. The number of benzene rings is 1. The number of carbonyl (C=O) groups excluding carboxylic acids is 2. The van der Waals surface area contributed by atoms with Gasteiger partial charge in [-0.05, 0) is 29.9 Å². The van der Waals surface area contributed by atoms with Gasteiger partial charge in [0.25, 0.3) is 5.91 Å². The van der Waals surface area contributed by atoms with Crippen molar-refractivity contribution in [2.45, 2.75) is 18.5 Å². The quantitative estimate of drug-likeness (QED) is 0.840. The van der Waals surface area contributed by atoms with Crippen molar-refractivity contribution in [1.29, 1.82) is 0 Å². The highest BCUT2D eigenvalue weighted by molar-refractivity contribution is 7.99. The Bertz CT molecular complexity index is 526. The van der Waals surface area contributed by atoms with Gasteiger partial charge in [-0.25, -0.2) is 9.18 Å². The number of hydrogen-bond acceptors (Lipinski definition) is 3. The van der Waals surface area contributed by atoms with Crippen LogP contribution in [0.2, 0.25) is 0 Å². The van der Waals surface area contributed by atoms with Crippen molar-refractivity contribution in [3.8, 4) is 0 Å². The fourth-order valence-electron chi connectivity index (χ4n) is 2.42. The fourth-order valence-corrected chi connectivity index (χ4v) is 3.75. The molecule has 2 aliphatic rings. The molecule has 0 radical (unpaired) electrons. The predicted molar refractivity (Wildman–Crippen MR) is 70.2 cm³/mol. The Balaban J connectivity index is 1.79. The number of thioether (sulfide) groups is 1. The molecule has 4 nitrogen and oxygen atoms in total. The summed E-state index contributed by atoms with van der Waals surface area (Å²) in [4.78, 5) is 25.5. The van der Waals surface area contributed by atoms with E-state index in [-0.39, 0.29) is 24.3 Å². The summed E-state index contributed by atoms with van der Waals surface area (Å²) < 4.78 is 12.8. The number of nitrogens with zero attached hydrogens (tertiary/aromatic N) is 1. The number of halogens is 1. The van der Waals surface area contributed by atoms with Gasteiger partial charge in [-0.2, -0.15) is 11.8 Å². The molecule has 0 aliphatic carbocycles. The van der Waals surface area contributed by atoms with E-state index in [1.165, 1.54) is 17.0 Å². The molecule has 2 heterocycles. The molecule has 1 aromatic rings. The van der Waals surface area contributed by atoms with Gasteiger partial charge in [0.05, 0.1) is 6.54 Å². The number of rotatable bonds is 2. The van der Waals surface area contributed by atoms with Gasteiger partial charge in [-0.15, -0.1) is 0 Å². The van der Waals surface area contributed by atoms with Crippen LogP contribution >= 0.6 is 11.8 Å². The standard InChI is InChI=1S/C13H13FN2O2S/c14-10-3-1-9(2-4-10)7-16-11(17)13(15-12(16)18)5-6-19-8-13/h1-4H,5-8H2,(H,15,18). The van der Waals surface area contributed by atoms with Gasteiger partial charge in [0.15, 0.2) is 0 Å². The lowest BCUT2D eigenvalue weighted by molar-refractivity contribution is -0.130. The average molecular weight is 280 g/mol. The summed E-state index contributed by atoms with van der Waals surface area (Å²) in [6, 6.07) is 5.48. The lowest BCUT2D eigenvalue weighted by Crippen LogP contribution is -2.46. The molecule has 3 amide bonds. The molecular weight excluding hydrogens is 267 g/mol. The summed E-state index contributed by atoms with van der Waals surface area (Å²) in [6.07, 6.45) is 0.683. The van der Waals surface area contributed by atoms with Crippen LogP contribution in [-0.4, -0.2) is 33.9 Å². The predicted octanol–water partition coefficient (Wildman–Crippen LogP) is 1.75. The number of nitrogens with one attached hydrogen (secondary N) is 1. The minimum absolute atomic E-state index is 0.160. The molecule has 2 saturated heterocycles. The van der Waals surface area contributed by atoms with E-state index >= 15 is 0 Å². The normalized spacial score (nSPS) is 26.3. The largest absolute Gasteiger partial charge is 0.325 e. The van der Waals surface area contributed by atoms with E-state index in [2.05, 4.69) is 5.32 Å². The van der Waals surface area contributed by atoms with Crippen molar-refractivity contribution in [3.05, 3.63) is 35.6 Å². The first-order chi connectivity index (χ1) is 9.11. The first-order valence-corrected chi connectivity index (χ1v) is 7.22. The second kappa shape index (κ2) is 4.52. The molecule has 1 spiro atoms. The Kier molecular flexibility index (Phi) is 2.97. The van der Waals surface area contributed by atoms with E-state index in [0.29, 0.717) is 12.2 Å². The van der Waals surface area contributed by atoms with E-state index in [1.54, 1.807) is 23.9 Å². The van der Waals surface area contributed by atoms with Gasteiger partial charge < -0.3 is 5.32 Å². The number of imide groups is 1. The van der Waals surface area contributed by atoms with Gasteiger partial charge in [0, 0.05) is 5.75 Å². The summed E-state index contributed by atoms with van der Waals surface area (Å²) in [6.45, 7) is 0.192. The van der Waals surface area contributed by atoms with E-state index in [9.17, 15) is 14.0 Å². The molecular formula is C13H13FN2O2S. The molecule has 1 N–H and O–H groups in total. The number of amides is 3. The van der Waals surface area contributed by atoms with Crippen LogP contribution in [0.5, 0.6) is 0 Å². The Labute approximate surface area is 114 Å². The maximum absolute atomic E-state index is 12.8. The van der Waals surface area contributed by atoms with Gasteiger partial charge in [-0.3, -0.25) is 9.69 Å². The number of hydrogen-bond donors (Lipinski definition) is 1. The number of urea groups is 1. The Morgan fingerprint density at radius 2 is 2.05 bits per heavy atom. The van der Waals surface area contributed by atoms with Crippen molar-refractivity contribution in [1.82, 2.24) is 10.2 Å². The third-order valence-corrected chi connectivity index (χ3v) is 4.71. The summed E-state index contributed by atoms with van der Waals surface area (Å²) in [5, 5.41) is 2.80. The molecule has 0 saturated carbocycles. The monoisotopic (exact) mass is 280 g/mol. The van der Waals surface area contributed by atoms with Crippen LogP contribution in [0.15, 0.2) is 24.3 Å². The van der Waals surface area contributed by atoms with Crippen LogP contribution in [-0.2, 0) is 11.3 Å². The molecule has 1 aromatic carbocycles. The van der Waals surface area contributed by atoms with E-state index in [0.717, 1.165) is 11.3 Å². The summed E-state index contributed by atoms with van der Waals surface area (Å²) >= 11 is 1.67. The Morgan fingerprint density at radius 3 is 2.68 bits per heavy atom. The second-order valence-electron chi connectivity index (χ2n) is 4.83. The summed E-state index contributed by atoms with van der Waals surface area (Å²) in [5.74, 6) is 1.03. The topological polar surface area (TPSA) is 49.4 Å². The van der Waals surface area contributed by atoms with Crippen molar-refractivity contribution >= 4 is 23.7 Å².